The maximum Gasteiger partial charge on any atom is 0.137 e. The lowest BCUT2D eigenvalue weighted by molar-refractivity contribution is -0.658. The highest BCUT2D eigenvalue weighted by Crippen LogP contribution is 2.07. The summed E-state index contributed by atoms with van der Waals surface area (Å²) in [4.78, 5) is 0. The average Bonchev–Trinajstić information content (AvgIpc) is 2.25. The largest absolute Gasteiger partial charge is 0.491 e. The van der Waals surface area contributed by atoms with Crippen LogP contribution in [0.15, 0.2) is 30.3 Å². The first-order chi connectivity index (χ1) is 6.83. The van der Waals surface area contributed by atoms with Crippen molar-refractivity contribution < 1.29 is 15.2 Å². The van der Waals surface area contributed by atoms with Crippen LogP contribution in [0.1, 0.15) is 6.92 Å². The van der Waals surface area contributed by atoms with Crippen molar-refractivity contribution >= 4 is 0 Å². The summed E-state index contributed by atoms with van der Waals surface area (Å²) in [5, 5.41) is 11.5. The van der Waals surface area contributed by atoms with Crippen molar-refractivity contribution in [1.29, 1.82) is 0 Å². The van der Waals surface area contributed by atoms with Gasteiger partial charge in [-0.15, -0.1) is 0 Å². The van der Waals surface area contributed by atoms with Crippen LogP contribution in [-0.4, -0.2) is 30.9 Å². The number of aliphatic hydroxyl groups is 1. The van der Waals surface area contributed by atoms with E-state index in [9.17, 15) is 5.11 Å². The molecule has 0 aliphatic carbocycles. The molecule has 78 valence electrons. The molecule has 0 spiro atoms. The molecule has 0 saturated heterocycles. The normalized spacial score (nSPS) is 12.4. The van der Waals surface area contributed by atoms with E-state index in [0.29, 0.717) is 13.2 Å². The minimum Gasteiger partial charge on any atom is -0.491 e. The minimum atomic E-state index is -0.393. The Hall–Kier alpha value is -1.06. The summed E-state index contributed by atoms with van der Waals surface area (Å²) in [7, 11) is 0. The van der Waals surface area contributed by atoms with Gasteiger partial charge in [-0.05, 0) is 19.1 Å². The van der Waals surface area contributed by atoms with E-state index in [1.54, 1.807) is 0 Å². The smallest absolute Gasteiger partial charge is 0.137 e. The number of benzene rings is 1. The summed E-state index contributed by atoms with van der Waals surface area (Å²) in [6, 6.07) is 9.54. The number of hydrogen-bond acceptors (Lipinski definition) is 2. The molecule has 3 heteroatoms. The Morgan fingerprint density at radius 3 is 2.71 bits per heavy atom. The van der Waals surface area contributed by atoms with Gasteiger partial charge in [0.05, 0.1) is 6.54 Å². The third-order valence-corrected chi connectivity index (χ3v) is 1.91. The fourth-order valence-electron chi connectivity index (χ4n) is 1.14. The topological polar surface area (TPSA) is 46.1 Å². The van der Waals surface area contributed by atoms with E-state index < -0.39 is 6.10 Å². The fourth-order valence-corrected chi connectivity index (χ4v) is 1.14. The molecule has 1 aromatic carbocycles. The van der Waals surface area contributed by atoms with Crippen molar-refractivity contribution in [2.45, 2.75) is 13.0 Å². The van der Waals surface area contributed by atoms with E-state index in [-0.39, 0.29) is 0 Å². The number of hydrogen-bond donors (Lipinski definition) is 2. The van der Waals surface area contributed by atoms with Gasteiger partial charge < -0.3 is 15.2 Å². The lowest BCUT2D eigenvalue weighted by atomic mass is 10.3. The predicted molar refractivity (Wildman–Crippen MR) is 55.3 cm³/mol. The second kappa shape index (κ2) is 6.40. The zero-order valence-electron chi connectivity index (χ0n) is 8.52. The maximum absolute atomic E-state index is 9.49. The van der Waals surface area contributed by atoms with E-state index in [0.717, 1.165) is 12.3 Å². The monoisotopic (exact) mass is 196 g/mol. The summed E-state index contributed by atoms with van der Waals surface area (Å²) < 4.78 is 5.39. The first-order valence-electron chi connectivity index (χ1n) is 5.00. The van der Waals surface area contributed by atoms with Crippen LogP contribution >= 0.6 is 0 Å². The molecule has 0 bridgehead atoms. The molecule has 1 aromatic rings. The minimum absolute atomic E-state index is 0.362. The van der Waals surface area contributed by atoms with Crippen LogP contribution in [0, 0.1) is 0 Å². The molecule has 3 nitrogen and oxygen atoms in total. The predicted octanol–water partition coefficient (Wildman–Crippen LogP) is 0.00960. The molecule has 0 aliphatic heterocycles. The lowest BCUT2D eigenvalue weighted by Crippen LogP contribution is -2.86. The van der Waals surface area contributed by atoms with Gasteiger partial charge in [-0.2, -0.15) is 0 Å². The second-order valence-electron chi connectivity index (χ2n) is 3.21. The Morgan fingerprint density at radius 2 is 2.07 bits per heavy atom. The SMILES string of the molecule is CC[NH2+]C[C@H](O)COc1ccccc1. The second-order valence-corrected chi connectivity index (χ2v) is 3.21. The third kappa shape index (κ3) is 4.25. The summed E-state index contributed by atoms with van der Waals surface area (Å²) in [5.41, 5.74) is 0. The van der Waals surface area contributed by atoms with Crippen LogP contribution in [-0.2, 0) is 0 Å². The number of ether oxygens (including phenoxy) is 1. The van der Waals surface area contributed by atoms with Crippen LogP contribution in [0.25, 0.3) is 0 Å². The number of para-hydroxylation sites is 1. The van der Waals surface area contributed by atoms with E-state index in [1.165, 1.54) is 0 Å². The molecular formula is C11H18NO2+. The standard InChI is InChI=1S/C11H17NO2/c1-2-12-8-10(13)9-14-11-6-4-3-5-7-11/h3-7,10,12-13H,2,8-9H2,1H3/p+1/t10-/m0/s1. The molecule has 0 unspecified atom stereocenters. The molecule has 0 aliphatic rings. The molecule has 0 radical (unpaired) electrons. The Morgan fingerprint density at radius 1 is 1.36 bits per heavy atom. The molecule has 0 amide bonds. The van der Waals surface area contributed by atoms with Crippen molar-refractivity contribution in [3.05, 3.63) is 30.3 Å². The molecular weight excluding hydrogens is 178 g/mol. The van der Waals surface area contributed by atoms with Gasteiger partial charge in [0, 0.05) is 0 Å². The van der Waals surface area contributed by atoms with Crippen molar-refractivity contribution in [3.63, 3.8) is 0 Å². The van der Waals surface area contributed by atoms with Crippen molar-refractivity contribution in [2.24, 2.45) is 0 Å². The van der Waals surface area contributed by atoms with E-state index in [1.807, 2.05) is 30.3 Å². The third-order valence-electron chi connectivity index (χ3n) is 1.91. The van der Waals surface area contributed by atoms with Gasteiger partial charge in [-0.1, -0.05) is 18.2 Å². The first kappa shape index (κ1) is 11.0. The Kier molecular flexibility index (Phi) is 5.04. The molecule has 0 heterocycles. The first-order valence-corrected chi connectivity index (χ1v) is 5.00. The molecule has 14 heavy (non-hydrogen) atoms. The number of aliphatic hydroxyl groups excluding tert-OH is 1. The zero-order chi connectivity index (χ0) is 10.2. The van der Waals surface area contributed by atoms with Crippen LogP contribution in [0.5, 0.6) is 5.75 Å². The van der Waals surface area contributed by atoms with Gasteiger partial charge in [-0.3, -0.25) is 0 Å². The van der Waals surface area contributed by atoms with Gasteiger partial charge in [0.25, 0.3) is 0 Å². The molecule has 3 N–H and O–H groups in total. The highest BCUT2D eigenvalue weighted by molar-refractivity contribution is 5.20. The number of quaternary nitrogens is 1. The van der Waals surface area contributed by atoms with Gasteiger partial charge >= 0.3 is 0 Å². The fraction of sp³-hybridized carbons (Fsp3) is 0.455. The molecule has 0 aromatic heterocycles. The molecule has 1 rings (SSSR count). The Labute approximate surface area is 84.7 Å². The molecule has 0 saturated carbocycles. The summed E-state index contributed by atoms with van der Waals surface area (Å²) in [5.74, 6) is 0.808. The van der Waals surface area contributed by atoms with Crippen molar-refractivity contribution in [3.8, 4) is 5.75 Å². The highest BCUT2D eigenvalue weighted by Gasteiger charge is 2.05. The lowest BCUT2D eigenvalue weighted by Gasteiger charge is -2.10. The Bertz CT molecular complexity index is 238. The van der Waals surface area contributed by atoms with Crippen molar-refractivity contribution in [1.82, 2.24) is 0 Å². The summed E-state index contributed by atoms with van der Waals surface area (Å²) in [6.45, 7) is 4.11. The summed E-state index contributed by atoms with van der Waals surface area (Å²) >= 11 is 0. The van der Waals surface area contributed by atoms with E-state index >= 15 is 0 Å². The van der Waals surface area contributed by atoms with Gasteiger partial charge in [0.2, 0.25) is 0 Å². The van der Waals surface area contributed by atoms with E-state index in [2.05, 4.69) is 12.2 Å². The number of nitrogens with two attached hydrogens (primary N) is 1. The van der Waals surface area contributed by atoms with Crippen LogP contribution < -0.4 is 10.1 Å². The maximum atomic E-state index is 9.49. The summed E-state index contributed by atoms with van der Waals surface area (Å²) in [6.07, 6.45) is -0.393. The zero-order valence-corrected chi connectivity index (χ0v) is 8.52. The van der Waals surface area contributed by atoms with E-state index in [4.69, 9.17) is 4.74 Å². The molecule has 1 atom stereocenters. The Balaban J connectivity index is 2.20. The van der Waals surface area contributed by atoms with Gasteiger partial charge in [0.1, 0.15) is 25.0 Å². The average molecular weight is 196 g/mol. The van der Waals surface area contributed by atoms with Gasteiger partial charge in [-0.25, -0.2) is 0 Å². The van der Waals surface area contributed by atoms with Crippen molar-refractivity contribution in [2.75, 3.05) is 19.7 Å². The van der Waals surface area contributed by atoms with Crippen LogP contribution in [0.2, 0.25) is 0 Å². The highest BCUT2D eigenvalue weighted by atomic mass is 16.5. The van der Waals surface area contributed by atoms with Crippen LogP contribution in [0.4, 0.5) is 0 Å². The molecule has 0 fully saturated rings. The van der Waals surface area contributed by atoms with Crippen LogP contribution in [0.3, 0.4) is 0 Å². The quantitative estimate of drug-likeness (QED) is 0.673. The van der Waals surface area contributed by atoms with Gasteiger partial charge in [0.15, 0.2) is 0 Å². The number of rotatable bonds is 6. The number of likely N-dealkylation sites (N-methyl/N-ethyl adjacent to an activating group) is 1.